The third-order valence-corrected chi connectivity index (χ3v) is 4.35. The molecule has 142 valence electrons. The first-order chi connectivity index (χ1) is 13.6. The number of para-hydroxylation sites is 2. The lowest BCUT2D eigenvalue weighted by atomic mass is 10.2. The maximum absolute atomic E-state index is 12.6. The highest BCUT2D eigenvalue weighted by Gasteiger charge is 2.19. The largest absolute Gasteiger partial charge is 0.497 e. The molecule has 0 spiro atoms. The number of fused-ring (bicyclic) bond motifs is 3. The SMILES string of the molecule is COc1cc(CNC(=O)c2nnn3c2c(=O)[nH]c2ccccc23)cc(OC)c1. The van der Waals surface area contributed by atoms with Crippen molar-refractivity contribution in [3.05, 3.63) is 64.1 Å². The zero-order valence-corrected chi connectivity index (χ0v) is 15.2. The molecule has 2 heterocycles. The number of nitrogens with zero attached hydrogens (tertiary/aromatic N) is 3. The molecule has 0 unspecified atom stereocenters. The Hall–Kier alpha value is -3.88. The van der Waals surface area contributed by atoms with Gasteiger partial charge in [-0.1, -0.05) is 17.3 Å². The Labute approximate surface area is 158 Å². The molecule has 0 aliphatic rings. The van der Waals surface area contributed by atoms with Crippen molar-refractivity contribution < 1.29 is 14.3 Å². The maximum atomic E-state index is 12.6. The average molecular weight is 379 g/mol. The zero-order chi connectivity index (χ0) is 19.7. The van der Waals surface area contributed by atoms with E-state index in [0.29, 0.717) is 22.5 Å². The number of hydrogen-bond acceptors (Lipinski definition) is 6. The molecule has 0 saturated carbocycles. The predicted octanol–water partition coefficient (Wildman–Crippen LogP) is 1.52. The van der Waals surface area contributed by atoms with E-state index in [1.54, 1.807) is 50.6 Å². The van der Waals surface area contributed by atoms with Crippen molar-refractivity contribution in [1.29, 1.82) is 0 Å². The summed E-state index contributed by atoms with van der Waals surface area (Å²) < 4.78 is 11.8. The van der Waals surface area contributed by atoms with Gasteiger partial charge in [0.1, 0.15) is 11.5 Å². The minimum absolute atomic E-state index is 0.0399. The van der Waals surface area contributed by atoms with Crippen molar-refractivity contribution in [2.24, 2.45) is 0 Å². The lowest BCUT2D eigenvalue weighted by molar-refractivity contribution is 0.0947. The van der Waals surface area contributed by atoms with Crippen LogP contribution >= 0.6 is 0 Å². The first-order valence-electron chi connectivity index (χ1n) is 8.47. The highest BCUT2D eigenvalue weighted by molar-refractivity contribution is 5.99. The van der Waals surface area contributed by atoms with Crippen molar-refractivity contribution in [3.63, 3.8) is 0 Å². The number of carbonyl (C=O) groups is 1. The number of aromatic amines is 1. The molecule has 0 bridgehead atoms. The summed E-state index contributed by atoms with van der Waals surface area (Å²) in [6.07, 6.45) is 0. The fraction of sp³-hybridized carbons (Fsp3) is 0.158. The molecule has 2 aromatic heterocycles. The summed E-state index contributed by atoms with van der Waals surface area (Å²) in [4.78, 5) is 27.8. The number of amides is 1. The number of carbonyl (C=O) groups excluding carboxylic acids is 1. The Bertz CT molecular complexity index is 1220. The molecule has 9 heteroatoms. The summed E-state index contributed by atoms with van der Waals surface area (Å²) in [6, 6.07) is 12.5. The van der Waals surface area contributed by atoms with E-state index in [4.69, 9.17) is 9.47 Å². The van der Waals surface area contributed by atoms with Gasteiger partial charge in [-0.2, -0.15) is 0 Å². The number of nitrogens with one attached hydrogen (secondary N) is 2. The highest BCUT2D eigenvalue weighted by Crippen LogP contribution is 2.22. The number of ether oxygens (including phenoxy) is 2. The molecule has 4 rings (SSSR count). The minimum Gasteiger partial charge on any atom is -0.497 e. The topological polar surface area (TPSA) is 111 Å². The normalized spacial score (nSPS) is 10.9. The molecule has 28 heavy (non-hydrogen) atoms. The van der Waals surface area contributed by atoms with Gasteiger partial charge >= 0.3 is 0 Å². The van der Waals surface area contributed by atoms with Gasteiger partial charge in [0.15, 0.2) is 11.2 Å². The molecule has 0 atom stereocenters. The summed E-state index contributed by atoms with van der Waals surface area (Å²) in [5.74, 6) is 0.721. The highest BCUT2D eigenvalue weighted by atomic mass is 16.5. The Morgan fingerprint density at radius 2 is 1.86 bits per heavy atom. The number of rotatable bonds is 5. The van der Waals surface area contributed by atoms with Gasteiger partial charge < -0.3 is 19.8 Å². The van der Waals surface area contributed by atoms with E-state index in [1.165, 1.54) is 4.52 Å². The van der Waals surface area contributed by atoms with Gasteiger partial charge in [0.05, 0.1) is 25.3 Å². The second kappa shape index (κ2) is 7.03. The minimum atomic E-state index is -0.502. The first kappa shape index (κ1) is 17.5. The number of aromatic nitrogens is 4. The van der Waals surface area contributed by atoms with Crippen LogP contribution in [0.4, 0.5) is 0 Å². The third kappa shape index (κ3) is 3.02. The first-order valence-corrected chi connectivity index (χ1v) is 8.47. The molecule has 9 nitrogen and oxygen atoms in total. The third-order valence-electron chi connectivity index (χ3n) is 4.35. The molecule has 0 radical (unpaired) electrons. The summed E-state index contributed by atoms with van der Waals surface area (Å²) in [6.45, 7) is 0.205. The fourth-order valence-electron chi connectivity index (χ4n) is 2.99. The monoisotopic (exact) mass is 379 g/mol. The van der Waals surface area contributed by atoms with Crippen molar-refractivity contribution in [2.45, 2.75) is 6.54 Å². The Kier molecular flexibility index (Phi) is 4.40. The maximum Gasteiger partial charge on any atom is 0.277 e. The van der Waals surface area contributed by atoms with Crippen molar-refractivity contribution in [1.82, 2.24) is 25.1 Å². The van der Waals surface area contributed by atoms with E-state index in [-0.39, 0.29) is 17.8 Å². The summed E-state index contributed by atoms with van der Waals surface area (Å²) in [5, 5.41) is 10.7. The standard InChI is InChI=1S/C19H17N5O4/c1-27-12-7-11(8-13(9-12)28-2)10-20-18(25)16-17-19(26)21-14-5-3-4-6-15(14)24(17)23-22-16/h3-9H,10H2,1-2H3,(H,20,25)(H,21,26). The van der Waals surface area contributed by atoms with Crippen molar-refractivity contribution in [2.75, 3.05) is 14.2 Å². The van der Waals surface area contributed by atoms with E-state index in [9.17, 15) is 9.59 Å². The molecular formula is C19H17N5O4. The van der Waals surface area contributed by atoms with Crippen molar-refractivity contribution >= 4 is 22.5 Å². The second-order valence-corrected chi connectivity index (χ2v) is 6.07. The van der Waals surface area contributed by atoms with E-state index in [2.05, 4.69) is 20.6 Å². The molecule has 0 saturated heterocycles. The van der Waals surface area contributed by atoms with Crippen LogP contribution in [0.1, 0.15) is 16.1 Å². The summed E-state index contributed by atoms with van der Waals surface area (Å²) in [7, 11) is 3.10. The second-order valence-electron chi connectivity index (χ2n) is 6.07. The molecular weight excluding hydrogens is 362 g/mol. The van der Waals surface area contributed by atoms with Gasteiger partial charge in [0.2, 0.25) is 0 Å². The Morgan fingerprint density at radius 1 is 1.14 bits per heavy atom. The van der Waals surface area contributed by atoms with Crippen LogP contribution in [-0.4, -0.2) is 39.9 Å². The van der Waals surface area contributed by atoms with Gasteiger partial charge in [0.25, 0.3) is 11.5 Å². The smallest absolute Gasteiger partial charge is 0.277 e. The number of methoxy groups -OCH3 is 2. The molecule has 0 aliphatic carbocycles. The Balaban J connectivity index is 1.65. The number of benzene rings is 2. The van der Waals surface area contributed by atoms with Gasteiger partial charge in [-0.3, -0.25) is 9.59 Å². The molecule has 2 N–H and O–H groups in total. The predicted molar refractivity (Wildman–Crippen MR) is 102 cm³/mol. The quantitative estimate of drug-likeness (QED) is 0.544. The van der Waals surface area contributed by atoms with Crippen LogP contribution in [0, 0.1) is 0 Å². The summed E-state index contributed by atoms with van der Waals surface area (Å²) >= 11 is 0. The van der Waals surface area contributed by atoms with Gasteiger partial charge in [-0.05, 0) is 29.8 Å². The van der Waals surface area contributed by atoms with E-state index in [0.717, 1.165) is 5.56 Å². The molecule has 4 aromatic rings. The van der Waals surface area contributed by atoms with E-state index < -0.39 is 11.5 Å². The van der Waals surface area contributed by atoms with Crippen LogP contribution < -0.4 is 20.3 Å². The Morgan fingerprint density at radius 3 is 2.57 bits per heavy atom. The van der Waals surface area contributed by atoms with Crippen LogP contribution in [0.5, 0.6) is 11.5 Å². The van der Waals surface area contributed by atoms with Crippen LogP contribution in [0.15, 0.2) is 47.3 Å². The number of H-pyrrole nitrogens is 1. The van der Waals surface area contributed by atoms with Gasteiger partial charge in [-0.25, -0.2) is 4.52 Å². The van der Waals surface area contributed by atoms with Crippen LogP contribution in [0.25, 0.3) is 16.6 Å². The lowest BCUT2D eigenvalue weighted by Gasteiger charge is -2.09. The van der Waals surface area contributed by atoms with E-state index >= 15 is 0 Å². The molecule has 0 fully saturated rings. The zero-order valence-electron chi connectivity index (χ0n) is 15.2. The van der Waals surface area contributed by atoms with E-state index in [1.807, 2.05) is 6.07 Å². The van der Waals surface area contributed by atoms with Crippen molar-refractivity contribution in [3.8, 4) is 11.5 Å². The molecule has 2 aromatic carbocycles. The average Bonchev–Trinajstić information content (AvgIpc) is 3.18. The molecule has 1 amide bonds. The summed E-state index contributed by atoms with van der Waals surface area (Å²) in [5.41, 5.74) is 1.67. The van der Waals surface area contributed by atoms with Gasteiger partial charge in [0, 0.05) is 12.6 Å². The lowest BCUT2D eigenvalue weighted by Crippen LogP contribution is -2.25. The number of hydrogen-bond donors (Lipinski definition) is 2. The van der Waals surface area contributed by atoms with Crippen LogP contribution in [-0.2, 0) is 6.54 Å². The van der Waals surface area contributed by atoms with Crippen LogP contribution in [0.3, 0.4) is 0 Å². The molecule has 0 aliphatic heterocycles. The fourth-order valence-corrected chi connectivity index (χ4v) is 2.99. The van der Waals surface area contributed by atoms with Crippen LogP contribution in [0.2, 0.25) is 0 Å². The van der Waals surface area contributed by atoms with Gasteiger partial charge in [-0.15, -0.1) is 5.10 Å².